The molecule has 4 rings (SSSR count). The molecule has 32 heavy (non-hydrogen) atoms. The zero-order valence-electron chi connectivity index (χ0n) is 19.2. The normalized spacial score (nSPS) is 35.6. The van der Waals surface area contributed by atoms with Crippen molar-refractivity contribution in [2.24, 2.45) is 33.9 Å². The van der Waals surface area contributed by atoms with Gasteiger partial charge < -0.3 is 25.8 Å². The van der Waals surface area contributed by atoms with Crippen LogP contribution in [-0.4, -0.2) is 66.4 Å². The van der Waals surface area contributed by atoms with E-state index in [-0.39, 0.29) is 11.9 Å². The number of ether oxygens (including phenoxy) is 1. The Labute approximate surface area is 190 Å². The summed E-state index contributed by atoms with van der Waals surface area (Å²) in [5, 5.41) is 14.0. The molecule has 4 aliphatic rings. The summed E-state index contributed by atoms with van der Waals surface area (Å²) >= 11 is 0. The lowest BCUT2D eigenvalue weighted by Gasteiger charge is -2.51. The van der Waals surface area contributed by atoms with Crippen LogP contribution in [0.15, 0.2) is 29.0 Å². The second-order valence-electron chi connectivity index (χ2n) is 10.6. The number of amidine groups is 1. The maximum absolute atomic E-state index is 13.4. The van der Waals surface area contributed by atoms with Crippen molar-refractivity contribution in [3.63, 3.8) is 0 Å². The van der Waals surface area contributed by atoms with Gasteiger partial charge in [0.05, 0.1) is 31.1 Å². The minimum atomic E-state index is -0.630. The van der Waals surface area contributed by atoms with Gasteiger partial charge in [0, 0.05) is 36.9 Å². The lowest BCUT2D eigenvalue weighted by atomic mass is 9.59. The number of allylic oxidation sites excluding steroid dienone is 1. The molecule has 3 unspecified atom stereocenters. The van der Waals surface area contributed by atoms with Crippen LogP contribution in [0.25, 0.3) is 0 Å². The largest absolute Gasteiger partial charge is 0.404 e. The number of nitrogens with two attached hydrogens (primary N) is 1. The highest BCUT2D eigenvalue weighted by molar-refractivity contribution is 6.20. The van der Waals surface area contributed by atoms with Crippen LogP contribution >= 0.6 is 0 Å². The number of aliphatic hydroxyl groups is 1. The smallest absolute Gasteiger partial charge is 0.256 e. The number of alkyl halides is 1. The van der Waals surface area contributed by atoms with E-state index in [1.807, 2.05) is 4.90 Å². The van der Waals surface area contributed by atoms with Crippen LogP contribution < -0.4 is 11.1 Å². The van der Waals surface area contributed by atoms with E-state index in [0.717, 1.165) is 32.1 Å². The highest BCUT2D eigenvalue weighted by Crippen LogP contribution is 2.60. The predicted molar refractivity (Wildman–Crippen MR) is 121 cm³/mol. The second-order valence-corrected chi connectivity index (χ2v) is 10.6. The van der Waals surface area contributed by atoms with E-state index in [0.29, 0.717) is 55.5 Å². The van der Waals surface area contributed by atoms with E-state index in [9.17, 15) is 14.3 Å². The van der Waals surface area contributed by atoms with Gasteiger partial charge in [-0.25, -0.2) is 4.99 Å². The molecule has 3 saturated carbocycles. The van der Waals surface area contributed by atoms with E-state index in [1.165, 1.54) is 6.20 Å². The molecule has 3 aliphatic carbocycles. The zero-order valence-corrected chi connectivity index (χ0v) is 19.2. The van der Waals surface area contributed by atoms with Crippen molar-refractivity contribution in [2.75, 3.05) is 33.0 Å². The van der Waals surface area contributed by atoms with Gasteiger partial charge in [0.15, 0.2) is 0 Å². The minimum Gasteiger partial charge on any atom is -0.404 e. The summed E-state index contributed by atoms with van der Waals surface area (Å²) in [5.74, 6) is 1.43. The van der Waals surface area contributed by atoms with Crippen molar-refractivity contribution >= 4 is 11.7 Å². The van der Waals surface area contributed by atoms with Gasteiger partial charge in [-0.05, 0) is 49.9 Å². The zero-order chi connectivity index (χ0) is 22.9. The summed E-state index contributed by atoms with van der Waals surface area (Å²) in [6.07, 6.45) is 9.31. The quantitative estimate of drug-likeness (QED) is 0.328. The third kappa shape index (κ3) is 4.57. The van der Waals surface area contributed by atoms with Crippen molar-refractivity contribution in [1.82, 2.24) is 10.2 Å². The van der Waals surface area contributed by atoms with E-state index >= 15 is 0 Å². The number of fused-ring (bicyclic) bond motifs is 1. The molecule has 0 aromatic rings. The Morgan fingerprint density at radius 1 is 1.34 bits per heavy atom. The Hall–Kier alpha value is -1.93. The third-order valence-corrected chi connectivity index (χ3v) is 7.77. The Bertz CT molecular complexity index is 805. The molecule has 1 aliphatic heterocycles. The summed E-state index contributed by atoms with van der Waals surface area (Å²) < 4.78 is 18.6. The Morgan fingerprint density at radius 2 is 2.09 bits per heavy atom. The molecule has 178 valence electrons. The van der Waals surface area contributed by atoms with Gasteiger partial charge in [-0.3, -0.25) is 9.18 Å². The highest BCUT2D eigenvalue weighted by atomic mass is 19.1. The molecular formula is C24H37FN4O3. The highest BCUT2D eigenvalue weighted by Gasteiger charge is 2.61. The third-order valence-electron chi connectivity index (χ3n) is 7.77. The fourth-order valence-corrected chi connectivity index (χ4v) is 5.91. The number of carbonyl (C=O) groups is 1. The average molecular weight is 449 g/mol. The molecule has 4 fully saturated rings. The van der Waals surface area contributed by atoms with Crippen molar-refractivity contribution in [3.05, 3.63) is 24.0 Å². The van der Waals surface area contributed by atoms with Crippen LogP contribution in [0.5, 0.6) is 0 Å². The van der Waals surface area contributed by atoms with Gasteiger partial charge >= 0.3 is 0 Å². The van der Waals surface area contributed by atoms with Gasteiger partial charge in [-0.2, -0.15) is 0 Å². The molecule has 4 N–H and O–H groups in total. The van der Waals surface area contributed by atoms with E-state index in [4.69, 9.17) is 10.5 Å². The van der Waals surface area contributed by atoms with Gasteiger partial charge in [0.25, 0.3) is 5.91 Å². The number of aliphatic imine (C=N–C) groups is 1. The number of carbonyl (C=O) groups excluding carboxylic acids is 1. The second kappa shape index (κ2) is 9.14. The van der Waals surface area contributed by atoms with Crippen molar-refractivity contribution < 1.29 is 19.0 Å². The van der Waals surface area contributed by atoms with Gasteiger partial charge in [0.1, 0.15) is 5.84 Å². The molecule has 1 amide bonds. The van der Waals surface area contributed by atoms with Gasteiger partial charge in [-0.15, -0.1) is 0 Å². The summed E-state index contributed by atoms with van der Waals surface area (Å²) in [6.45, 7) is 5.39. The predicted octanol–water partition coefficient (Wildman–Crippen LogP) is 2.12. The Morgan fingerprint density at radius 3 is 2.78 bits per heavy atom. The van der Waals surface area contributed by atoms with Gasteiger partial charge in [-0.1, -0.05) is 19.9 Å². The molecule has 0 spiro atoms. The standard InChI is InChI=1S/C24H37FN4O3/c1-23(2,15-25)5-6-27-21(29-7-9-32-10-8-29)18(14-26)22(30)28-20-4-3-16-11-19-17(20)13-24(19,31)12-16/h5-6,14,16-17,19-20,31H,3-4,7-13,15,26H2,1-2H3,(H,28,30)/b6-5+,18-14?,27-21?/t16?,17?,19?,20-,24-/m1/s1. The number of nitrogens with one attached hydrogen (secondary N) is 1. The first-order valence-corrected chi connectivity index (χ1v) is 11.9. The Balaban J connectivity index is 1.51. The van der Waals surface area contributed by atoms with Crippen LogP contribution in [-0.2, 0) is 9.53 Å². The molecular weight excluding hydrogens is 411 g/mol. The SMILES string of the molecule is CC(C)(/C=C/N=C(C(=CN)C(=O)N[C@@H]1CCC2CC3C1C[C@]3(O)C2)N1CCOCC1)CF. The maximum Gasteiger partial charge on any atom is 0.256 e. The van der Waals surface area contributed by atoms with E-state index in [2.05, 4.69) is 10.3 Å². The molecule has 1 heterocycles. The number of rotatable bonds is 6. The number of halogens is 1. The first kappa shape index (κ1) is 23.2. The lowest BCUT2D eigenvalue weighted by Crippen LogP contribution is -2.59. The number of amides is 1. The van der Waals surface area contributed by atoms with Crippen LogP contribution in [0.4, 0.5) is 4.39 Å². The van der Waals surface area contributed by atoms with E-state index in [1.54, 1.807) is 26.1 Å². The van der Waals surface area contributed by atoms with Gasteiger partial charge in [0.2, 0.25) is 0 Å². The van der Waals surface area contributed by atoms with Crippen LogP contribution in [0.1, 0.15) is 46.0 Å². The van der Waals surface area contributed by atoms with Crippen LogP contribution in [0, 0.1) is 23.2 Å². The van der Waals surface area contributed by atoms with E-state index < -0.39 is 17.7 Å². The van der Waals surface area contributed by atoms with Crippen molar-refractivity contribution in [1.29, 1.82) is 0 Å². The van der Waals surface area contributed by atoms with Crippen molar-refractivity contribution in [3.8, 4) is 0 Å². The molecule has 7 nitrogen and oxygen atoms in total. The monoisotopic (exact) mass is 448 g/mol. The summed E-state index contributed by atoms with van der Waals surface area (Å²) in [4.78, 5) is 19.9. The van der Waals surface area contributed by atoms with Crippen LogP contribution in [0.2, 0.25) is 0 Å². The molecule has 0 aromatic carbocycles. The molecule has 0 aromatic heterocycles. The fraction of sp³-hybridized carbons (Fsp3) is 0.750. The summed E-state index contributed by atoms with van der Waals surface area (Å²) in [7, 11) is 0. The summed E-state index contributed by atoms with van der Waals surface area (Å²) in [5.41, 5.74) is 5.12. The summed E-state index contributed by atoms with van der Waals surface area (Å²) in [6, 6.07) is 0.0416. The minimum absolute atomic E-state index is 0.0416. The lowest BCUT2D eigenvalue weighted by molar-refractivity contribution is -0.137. The number of morpholine rings is 1. The van der Waals surface area contributed by atoms with Crippen molar-refractivity contribution in [2.45, 2.75) is 57.6 Å². The molecule has 1 saturated heterocycles. The number of hydrogen-bond acceptors (Lipinski definition) is 5. The topological polar surface area (TPSA) is 100 Å². The first-order chi connectivity index (χ1) is 15.3. The van der Waals surface area contributed by atoms with Crippen LogP contribution in [0.3, 0.4) is 0 Å². The molecule has 2 bridgehead atoms. The average Bonchev–Trinajstić information content (AvgIpc) is 2.92. The number of nitrogens with zero attached hydrogens (tertiary/aromatic N) is 2. The molecule has 0 radical (unpaired) electrons. The maximum atomic E-state index is 13.4. The first-order valence-electron chi connectivity index (χ1n) is 11.9. The number of hydrogen-bond donors (Lipinski definition) is 3. The fourth-order valence-electron chi connectivity index (χ4n) is 5.91. The molecule has 5 atom stereocenters. The Kier molecular flexibility index (Phi) is 6.63. The molecule has 8 heteroatoms.